The smallest absolute Gasteiger partial charge is 0.0799 e. The molecule has 0 saturated carbocycles. The predicted octanol–water partition coefficient (Wildman–Crippen LogP) is 4.45. The zero-order valence-electron chi connectivity index (χ0n) is 12.9. The van der Waals surface area contributed by atoms with Crippen molar-refractivity contribution < 1.29 is 10.2 Å². The van der Waals surface area contributed by atoms with Gasteiger partial charge in [-0.15, -0.1) is 0 Å². The summed E-state index contributed by atoms with van der Waals surface area (Å²) in [6, 6.07) is 0. The average Bonchev–Trinajstić information content (AvgIpc) is 2.36. The highest BCUT2D eigenvalue weighted by molar-refractivity contribution is 4.80. The fourth-order valence-corrected chi connectivity index (χ4v) is 1.55. The maximum Gasteiger partial charge on any atom is 0.0799 e. The van der Waals surface area contributed by atoms with E-state index in [0.717, 1.165) is 12.8 Å². The monoisotopic (exact) mass is 258 g/mol. The van der Waals surface area contributed by atoms with Gasteiger partial charge in [0.05, 0.1) is 12.2 Å². The molecule has 0 aliphatic rings. The van der Waals surface area contributed by atoms with Crippen LogP contribution in [0.15, 0.2) is 12.2 Å². The molecule has 2 nitrogen and oxygen atoms in total. The molecule has 2 unspecified atom stereocenters. The molecule has 0 aliphatic carbocycles. The Kier molecular flexibility index (Phi) is 18.5. The Labute approximate surface area is 114 Å². The van der Waals surface area contributed by atoms with Gasteiger partial charge in [-0.05, 0) is 25.7 Å². The quantitative estimate of drug-likeness (QED) is 0.600. The highest BCUT2D eigenvalue weighted by atomic mass is 16.3. The molecule has 0 aliphatic heterocycles. The van der Waals surface area contributed by atoms with Crippen LogP contribution in [0.1, 0.15) is 79.1 Å². The van der Waals surface area contributed by atoms with Crippen molar-refractivity contribution in [2.75, 3.05) is 0 Å². The number of aliphatic hydroxyl groups excluding tert-OH is 2. The van der Waals surface area contributed by atoms with Crippen LogP contribution in [0.3, 0.4) is 0 Å². The van der Waals surface area contributed by atoms with E-state index in [1.54, 1.807) is 0 Å². The summed E-state index contributed by atoms with van der Waals surface area (Å²) in [7, 11) is 0. The lowest BCUT2D eigenvalue weighted by atomic mass is 10.1. The minimum absolute atomic E-state index is 0.509. The highest BCUT2D eigenvalue weighted by Crippen LogP contribution is 2.06. The second-order valence-electron chi connectivity index (χ2n) is 4.76. The number of rotatable bonds is 9. The molecule has 2 N–H and O–H groups in total. The number of hydrogen-bond acceptors (Lipinski definition) is 2. The Bertz CT molecular complexity index is 148. The third kappa shape index (κ3) is 15.7. The Balaban J connectivity index is 0. The molecule has 0 fully saturated rings. The molecule has 0 amide bonds. The summed E-state index contributed by atoms with van der Waals surface area (Å²) in [5.41, 5.74) is 0. The van der Waals surface area contributed by atoms with Gasteiger partial charge in [0.25, 0.3) is 0 Å². The number of allylic oxidation sites excluding steroid dienone is 2. The van der Waals surface area contributed by atoms with Gasteiger partial charge >= 0.3 is 0 Å². The summed E-state index contributed by atoms with van der Waals surface area (Å²) in [5.74, 6) is 0. The third-order valence-corrected chi connectivity index (χ3v) is 2.69. The molecule has 0 aromatic rings. The van der Waals surface area contributed by atoms with Crippen molar-refractivity contribution in [2.24, 2.45) is 0 Å². The minimum Gasteiger partial charge on any atom is -0.390 e. The van der Waals surface area contributed by atoms with E-state index in [-0.39, 0.29) is 0 Å². The van der Waals surface area contributed by atoms with Crippen LogP contribution in [0.5, 0.6) is 0 Å². The third-order valence-electron chi connectivity index (χ3n) is 2.69. The van der Waals surface area contributed by atoms with Crippen LogP contribution >= 0.6 is 0 Å². The first kappa shape index (κ1) is 20.0. The zero-order valence-corrected chi connectivity index (χ0v) is 12.9. The van der Waals surface area contributed by atoms with Crippen LogP contribution < -0.4 is 0 Å². The molecular weight excluding hydrogens is 224 g/mol. The van der Waals surface area contributed by atoms with Gasteiger partial charge in [-0.1, -0.05) is 65.5 Å². The Morgan fingerprint density at radius 3 is 1.22 bits per heavy atom. The van der Waals surface area contributed by atoms with Crippen LogP contribution in [-0.4, -0.2) is 22.4 Å². The van der Waals surface area contributed by atoms with Crippen LogP contribution in [0.25, 0.3) is 0 Å². The van der Waals surface area contributed by atoms with Crippen molar-refractivity contribution >= 4 is 0 Å². The first-order chi connectivity index (χ1) is 8.63. The van der Waals surface area contributed by atoms with Crippen LogP contribution in [0.4, 0.5) is 0 Å². The standard InChI is InChI=1S/C8H18O2.C8H16/c1-3-5-7(9)8(10)6-4-2;1-3-5-7-8-6-4-2/h7-10H,3-6H2,1-2H3;7-8H,3-6H2,1-2H3. The van der Waals surface area contributed by atoms with Gasteiger partial charge < -0.3 is 10.2 Å². The number of unbranched alkanes of at least 4 members (excludes halogenated alkanes) is 2. The van der Waals surface area contributed by atoms with Crippen molar-refractivity contribution in [2.45, 2.75) is 91.3 Å². The van der Waals surface area contributed by atoms with Gasteiger partial charge in [0, 0.05) is 0 Å². The molecule has 0 aromatic heterocycles. The van der Waals surface area contributed by atoms with Crippen molar-refractivity contribution in [1.29, 1.82) is 0 Å². The van der Waals surface area contributed by atoms with Gasteiger partial charge in [0.1, 0.15) is 0 Å². The Hall–Kier alpha value is -0.340. The lowest BCUT2D eigenvalue weighted by Crippen LogP contribution is -2.25. The van der Waals surface area contributed by atoms with E-state index in [1.165, 1.54) is 25.7 Å². The number of hydrogen-bond donors (Lipinski definition) is 2. The maximum atomic E-state index is 9.20. The van der Waals surface area contributed by atoms with E-state index in [9.17, 15) is 10.2 Å². The van der Waals surface area contributed by atoms with Gasteiger partial charge in [0.15, 0.2) is 0 Å². The normalized spacial score (nSPS) is 14.1. The molecule has 0 radical (unpaired) electrons. The molecule has 0 rings (SSSR count). The molecule has 0 bridgehead atoms. The van der Waals surface area contributed by atoms with E-state index in [1.807, 2.05) is 13.8 Å². The largest absolute Gasteiger partial charge is 0.390 e. The molecule has 2 atom stereocenters. The SMILES string of the molecule is CCCC(O)C(O)CCC.CCCC=CCCC. The summed E-state index contributed by atoms with van der Waals surface area (Å²) < 4.78 is 0. The second kappa shape index (κ2) is 16.7. The number of aliphatic hydroxyl groups is 2. The van der Waals surface area contributed by atoms with Gasteiger partial charge in [-0.2, -0.15) is 0 Å². The first-order valence-electron chi connectivity index (χ1n) is 7.64. The van der Waals surface area contributed by atoms with E-state index in [4.69, 9.17) is 0 Å². The Morgan fingerprint density at radius 2 is 1.00 bits per heavy atom. The van der Waals surface area contributed by atoms with Crippen molar-refractivity contribution in [1.82, 2.24) is 0 Å². The lowest BCUT2D eigenvalue weighted by Gasteiger charge is -2.15. The van der Waals surface area contributed by atoms with E-state index >= 15 is 0 Å². The predicted molar refractivity (Wildman–Crippen MR) is 80.8 cm³/mol. The van der Waals surface area contributed by atoms with Crippen LogP contribution in [0.2, 0.25) is 0 Å². The topological polar surface area (TPSA) is 40.5 Å². The Morgan fingerprint density at radius 1 is 0.667 bits per heavy atom. The van der Waals surface area contributed by atoms with E-state index < -0.39 is 12.2 Å². The average molecular weight is 258 g/mol. The molecule has 2 heteroatoms. The summed E-state index contributed by atoms with van der Waals surface area (Å²) in [6.45, 7) is 8.41. The van der Waals surface area contributed by atoms with Crippen molar-refractivity contribution in [3.05, 3.63) is 12.2 Å². The summed E-state index contributed by atoms with van der Waals surface area (Å²) in [6.07, 6.45) is 11.9. The van der Waals surface area contributed by atoms with Crippen LogP contribution in [0, 0.1) is 0 Å². The maximum absolute atomic E-state index is 9.20. The fourth-order valence-electron chi connectivity index (χ4n) is 1.55. The molecule has 18 heavy (non-hydrogen) atoms. The summed E-state index contributed by atoms with van der Waals surface area (Å²) in [4.78, 5) is 0. The van der Waals surface area contributed by atoms with Crippen molar-refractivity contribution in [3.63, 3.8) is 0 Å². The van der Waals surface area contributed by atoms with Gasteiger partial charge in [-0.25, -0.2) is 0 Å². The van der Waals surface area contributed by atoms with E-state index in [0.29, 0.717) is 12.8 Å². The molecular formula is C16H34O2. The fraction of sp³-hybridized carbons (Fsp3) is 0.875. The molecule has 110 valence electrons. The summed E-state index contributed by atoms with van der Waals surface area (Å²) >= 11 is 0. The lowest BCUT2D eigenvalue weighted by molar-refractivity contribution is 0.00923. The van der Waals surface area contributed by atoms with Crippen LogP contribution in [-0.2, 0) is 0 Å². The highest BCUT2D eigenvalue weighted by Gasteiger charge is 2.12. The molecule has 0 heterocycles. The molecule has 0 saturated heterocycles. The summed E-state index contributed by atoms with van der Waals surface area (Å²) in [5, 5.41) is 18.4. The first-order valence-corrected chi connectivity index (χ1v) is 7.64. The van der Waals surface area contributed by atoms with Gasteiger partial charge in [-0.3, -0.25) is 0 Å². The minimum atomic E-state index is -0.509. The van der Waals surface area contributed by atoms with Gasteiger partial charge in [0.2, 0.25) is 0 Å². The molecule has 0 spiro atoms. The second-order valence-corrected chi connectivity index (χ2v) is 4.76. The van der Waals surface area contributed by atoms with E-state index in [2.05, 4.69) is 26.0 Å². The zero-order chi connectivity index (χ0) is 14.2. The van der Waals surface area contributed by atoms with Crippen molar-refractivity contribution in [3.8, 4) is 0 Å². The molecule has 0 aromatic carbocycles.